The van der Waals surface area contributed by atoms with Gasteiger partial charge in [-0.05, 0) is 24.1 Å². The number of likely N-dealkylation sites (tertiary alicyclic amines) is 1. The van der Waals surface area contributed by atoms with Crippen LogP contribution in [0.5, 0.6) is 0 Å². The fourth-order valence-electron chi connectivity index (χ4n) is 2.54. The molecule has 1 amide bonds. The van der Waals surface area contributed by atoms with Crippen LogP contribution in [0.4, 0.5) is 11.4 Å². The molecule has 1 aliphatic rings. The monoisotopic (exact) mass is 277 g/mol. The Morgan fingerprint density at radius 3 is 2.60 bits per heavy atom. The van der Waals surface area contributed by atoms with Gasteiger partial charge in [-0.1, -0.05) is 6.92 Å². The molecule has 20 heavy (non-hydrogen) atoms. The summed E-state index contributed by atoms with van der Waals surface area (Å²) in [7, 11) is 1.36. The molecule has 6 heteroatoms. The third-order valence-electron chi connectivity index (χ3n) is 3.71. The number of esters is 1. The van der Waals surface area contributed by atoms with Gasteiger partial charge < -0.3 is 21.1 Å². The van der Waals surface area contributed by atoms with Crippen LogP contribution in [-0.4, -0.2) is 37.0 Å². The number of nitrogen functional groups attached to an aromatic ring is 2. The molecule has 1 fully saturated rings. The number of amides is 1. The number of nitrogens with zero attached hydrogens (tertiary/aromatic N) is 1. The fraction of sp³-hybridized carbons (Fsp3) is 0.429. The number of anilines is 2. The second kappa shape index (κ2) is 5.40. The van der Waals surface area contributed by atoms with Gasteiger partial charge in [-0.2, -0.15) is 0 Å². The van der Waals surface area contributed by atoms with Gasteiger partial charge in [0.2, 0.25) is 0 Å². The van der Waals surface area contributed by atoms with E-state index in [1.54, 1.807) is 23.1 Å². The second-order valence-electron chi connectivity index (χ2n) is 5.16. The van der Waals surface area contributed by atoms with Gasteiger partial charge >= 0.3 is 5.97 Å². The van der Waals surface area contributed by atoms with Gasteiger partial charge in [0.15, 0.2) is 0 Å². The number of carbonyl (C=O) groups excluding carboxylic acids is 2. The first-order chi connectivity index (χ1) is 9.43. The molecule has 108 valence electrons. The van der Waals surface area contributed by atoms with Gasteiger partial charge in [0, 0.05) is 24.5 Å². The molecule has 1 aromatic rings. The summed E-state index contributed by atoms with van der Waals surface area (Å²) in [6.07, 6.45) is 0. The molecule has 0 aliphatic carbocycles. The molecule has 2 unspecified atom stereocenters. The number of nitrogens with two attached hydrogens (primary N) is 2. The SMILES string of the molecule is COC(=O)C1CN(C(=O)c2ccc(N)cc2N)CC1C. The Balaban J connectivity index is 2.17. The fourth-order valence-corrected chi connectivity index (χ4v) is 2.54. The predicted molar refractivity (Wildman–Crippen MR) is 75.8 cm³/mol. The first kappa shape index (κ1) is 14.2. The van der Waals surface area contributed by atoms with Gasteiger partial charge in [0.1, 0.15) is 0 Å². The Bertz CT molecular complexity index is 544. The molecule has 0 saturated carbocycles. The first-order valence-electron chi connectivity index (χ1n) is 6.46. The van der Waals surface area contributed by atoms with E-state index in [1.165, 1.54) is 7.11 Å². The van der Waals surface area contributed by atoms with E-state index in [0.717, 1.165) is 0 Å². The average Bonchev–Trinajstić information content (AvgIpc) is 2.79. The number of ether oxygens (including phenoxy) is 1. The van der Waals surface area contributed by atoms with Gasteiger partial charge in [0.05, 0.1) is 18.6 Å². The lowest BCUT2D eigenvalue weighted by Gasteiger charge is -2.17. The summed E-state index contributed by atoms with van der Waals surface area (Å²) in [6, 6.07) is 4.81. The summed E-state index contributed by atoms with van der Waals surface area (Å²) in [5.41, 5.74) is 12.7. The third-order valence-corrected chi connectivity index (χ3v) is 3.71. The maximum absolute atomic E-state index is 12.4. The van der Waals surface area contributed by atoms with Crippen molar-refractivity contribution in [3.05, 3.63) is 23.8 Å². The maximum atomic E-state index is 12.4. The number of benzene rings is 1. The zero-order valence-corrected chi connectivity index (χ0v) is 11.6. The van der Waals surface area contributed by atoms with E-state index in [-0.39, 0.29) is 23.7 Å². The quantitative estimate of drug-likeness (QED) is 0.613. The van der Waals surface area contributed by atoms with Crippen LogP contribution in [0.25, 0.3) is 0 Å². The van der Waals surface area contributed by atoms with E-state index in [0.29, 0.717) is 30.0 Å². The van der Waals surface area contributed by atoms with Crippen LogP contribution in [0.3, 0.4) is 0 Å². The highest BCUT2D eigenvalue weighted by Gasteiger charge is 2.38. The van der Waals surface area contributed by atoms with Crippen LogP contribution >= 0.6 is 0 Å². The Labute approximate surface area is 117 Å². The van der Waals surface area contributed by atoms with E-state index < -0.39 is 0 Å². The highest BCUT2D eigenvalue weighted by Crippen LogP contribution is 2.27. The number of hydrogen-bond acceptors (Lipinski definition) is 5. The van der Waals surface area contributed by atoms with Gasteiger partial charge in [0.25, 0.3) is 5.91 Å². The minimum absolute atomic E-state index is 0.0707. The van der Waals surface area contributed by atoms with Crippen molar-refractivity contribution in [2.24, 2.45) is 11.8 Å². The molecule has 1 heterocycles. The lowest BCUT2D eigenvalue weighted by Crippen LogP contribution is -2.30. The summed E-state index contributed by atoms with van der Waals surface area (Å²) >= 11 is 0. The molecule has 0 bridgehead atoms. The van der Waals surface area contributed by atoms with Crippen LogP contribution in [-0.2, 0) is 9.53 Å². The highest BCUT2D eigenvalue weighted by molar-refractivity contribution is 6.00. The summed E-state index contributed by atoms with van der Waals surface area (Å²) in [4.78, 5) is 25.7. The lowest BCUT2D eigenvalue weighted by molar-refractivity contribution is -0.146. The minimum atomic E-state index is -0.280. The van der Waals surface area contributed by atoms with E-state index in [1.807, 2.05) is 6.92 Å². The number of carbonyl (C=O) groups is 2. The van der Waals surface area contributed by atoms with Gasteiger partial charge in [-0.15, -0.1) is 0 Å². The summed E-state index contributed by atoms with van der Waals surface area (Å²) in [5.74, 6) is -0.667. The van der Waals surface area contributed by atoms with Crippen molar-refractivity contribution in [3.8, 4) is 0 Å². The molecule has 1 aromatic carbocycles. The zero-order valence-electron chi connectivity index (χ0n) is 11.6. The zero-order chi connectivity index (χ0) is 14.9. The van der Waals surface area contributed by atoms with Crippen molar-refractivity contribution >= 4 is 23.3 Å². The summed E-state index contributed by atoms with van der Waals surface area (Å²) < 4.78 is 4.76. The Kier molecular flexibility index (Phi) is 3.83. The van der Waals surface area contributed by atoms with Crippen molar-refractivity contribution in [2.75, 3.05) is 31.7 Å². The number of hydrogen-bond donors (Lipinski definition) is 2. The molecular weight excluding hydrogens is 258 g/mol. The van der Waals surface area contributed by atoms with Gasteiger partial charge in [-0.3, -0.25) is 9.59 Å². The standard InChI is InChI=1S/C14H19N3O3/c1-8-6-17(7-11(8)14(19)20-2)13(18)10-4-3-9(15)5-12(10)16/h3-5,8,11H,6-7,15-16H2,1-2H3. The van der Waals surface area contributed by atoms with E-state index in [9.17, 15) is 9.59 Å². The molecular formula is C14H19N3O3. The molecule has 4 N–H and O–H groups in total. The van der Waals surface area contributed by atoms with Crippen LogP contribution in [0.2, 0.25) is 0 Å². The molecule has 6 nitrogen and oxygen atoms in total. The summed E-state index contributed by atoms with van der Waals surface area (Å²) in [5, 5.41) is 0. The normalized spacial score (nSPS) is 21.8. The predicted octanol–water partition coefficient (Wildman–Crippen LogP) is 0.732. The molecule has 0 radical (unpaired) electrons. The van der Waals surface area contributed by atoms with E-state index in [4.69, 9.17) is 16.2 Å². The minimum Gasteiger partial charge on any atom is -0.469 e. The van der Waals surface area contributed by atoms with Crippen molar-refractivity contribution in [1.29, 1.82) is 0 Å². The van der Waals surface area contributed by atoms with Crippen molar-refractivity contribution < 1.29 is 14.3 Å². The third kappa shape index (κ3) is 2.54. The van der Waals surface area contributed by atoms with Crippen LogP contribution in [0.1, 0.15) is 17.3 Å². The van der Waals surface area contributed by atoms with E-state index in [2.05, 4.69) is 0 Å². The Morgan fingerprint density at radius 1 is 1.30 bits per heavy atom. The summed E-state index contributed by atoms with van der Waals surface area (Å²) in [6.45, 7) is 2.81. The van der Waals surface area contributed by atoms with Crippen LogP contribution in [0, 0.1) is 11.8 Å². The molecule has 2 atom stereocenters. The van der Waals surface area contributed by atoms with Crippen LogP contribution < -0.4 is 11.5 Å². The smallest absolute Gasteiger partial charge is 0.310 e. The largest absolute Gasteiger partial charge is 0.469 e. The second-order valence-corrected chi connectivity index (χ2v) is 5.16. The van der Waals surface area contributed by atoms with Crippen molar-refractivity contribution in [1.82, 2.24) is 4.90 Å². The number of methoxy groups -OCH3 is 1. The topological polar surface area (TPSA) is 98.6 Å². The molecule has 0 spiro atoms. The Morgan fingerprint density at radius 2 is 2.00 bits per heavy atom. The molecule has 0 aromatic heterocycles. The van der Waals surface area contributed by atoms with Gasteiger partial charge in [-0.25, -0.2) is 0 Å². The highest BCUT2D eigenvalue weighted by atomic mass is 16.5. The lowest BCUT2D eigenvalue weighted by atomic mass is 9.99. The van der Waals surface area contributed by atoms with Crippen molar-refractivity contribution in [2.45, 2.75) is 6.92 Å². The first-order valence-corrected chi connectivity index (χ1v) is 6.46. The van der Waals surface area contributed by atoms with E-state index >= 15 is 0 Å². The number of rotatable bonds is 2. The molecule has 1 aliphatic heterocycles. The maximum Gasteiger partial charge on any atom is 0.310 e. The molecule has 1 saturated heterocycles. The van der Waals surface area contributed by atoms with Crippen LogP contribution in [0.15, 0.2) is 18.2 Å². The average molecular weight is 277 g/mol. The molecule has 2 rings (SSSR count). The van der Waals surface area contributed by atoms with Crippen molar-refractivity contribution in [3.63, 3.8) is 0 Å². The Hall–Kier alpha value is -2.24.